The second-order valence-electron chi connectivity index (χ2n) is 3.45. The number of hydrogen-bond acceptors (Lipinski definition) is 1. The monoisotopic (exact) mass is 195 g/mol. The van der Waals surface area contributed by atoms with E-state index in [1.165, 1.54) is 24.4 Å². The molecule has 1 aromatic carbocycles. The summed E-state index contributed by atoms with van der Waals surface area (Å²) in [5.74, 6) is 0. The molecule has 72 valence electrons. The Labute approximate surface area is 82.9 Å². The predicted molar refractivity (Wildman–Crippen MR) is 62.4 cm³/mol. The fraction of sp³-hybridized carbons (Fsp3) is 0.455. The maximum Gasteiger partial charge on any atom is -0.00215 e. The molecule has 0 saturated heterocycles. The lowest BCUT2D eigenvalue weighted by atomic mass is 10.4. The van der Waals surface area contributed by atoms with Gasteiger partial charge in [0.25, 0.3) is 0 Å². The molecule has 13 heavy (non-hydrogen) atoms. The molecule has 1 unspecified atom stereocenters. The first kappa shape index (κ1) is 10.7. The van der Waals surface area contributed by atoms with Crippen LogP contribution in [0.3, 0.4) is 0 Å². The molecule has 2 heteroatoms. The van der Waals surface area contributed by atoms with E-state index >= 15 is 0 Å². The number of nitrogens with zero attached hydrogens (tertiary/aromatic N) is 1. The minimum Gasteiger partial charge on any atom is -0.309 e. The van der Waals surface area contributed by atoms with Gasteiger partial charge < -0.3 is 4.90 Å². The third-order valence-electron chi connectivity index (χ3n) is 1.89. The van der Waals surface area contributed by atoms with E-state index in [-0.39, 0.29) is 0 Å². The van der Waals surface area contributed by atoms with Crippen molar-refractivity contribution in [2.24, 2.45) is 0 Å². The fourth-order valence-corrected chi connectivity index (χ4v) is 2.24. The van der Waals surface area contributed by atoms with E-state index in [4.69, 9.17) is 0 Å². The standard InChI is InChI=1S/C11H18NP/c1-12(2)9-6-10-13-11-7-4-3-5-8-11/h3-5,7-8,13H,6,9-10H2,1-2H3. The predicted octanol–water partition coefficient (Wildman–Crippen LogP) is 1.94. The van der Waals surface area contributed by atoms with Gasteiger partial charge in [-0.15, -0.1) is 0 Å². The summed E-state index contributed by atoms with van der Waals surface area (Å²) in [6, 6.07) is 10.7. The largest absolute Gasteiger partial charge is 0.309 e. The van der Waals surface area contributed by atoms with Gasteiger partial charge in [-0.1, -0.05) is 38.9 Å². The zero-order valence-electron chi connectivity index (χ0n) is 8.46. The Morgan fingerprint density at radius 2 is 1.85 bits per heavy atom. The molecule has 0 spiro atoms. The topological polar surface area (TPSA) is 3.24 Å². The van der Waals surface area contributed by atoms with Gasteiger partial charge in [-0.05, 0) is 38.5 Å². The van der Waals surface area contributed by atoms with E-state index in [1.54, 1.807) is 0 Å². The molecule has 0 radical (unpaired) electrons. The quantitative estimate of drug-likeness (QED) is 0.512. The van der Waals surface area contributed by atoms with Crippen LogP contribution in [0.4, 0.5) is 0 Å². The van der Waals surface area contributed by atoms with Gasteiger partial charge in [0, 0.05) is 0 Å². The van der Waals surface area contributed by atoms with Crippen LogP contribution in [0, 0.1) is 0 Å². The van der Waals surface area contributed by atoms with Crippen LogP contribution in [0.15, 0.2) is 30.3 Å². The van der Waals surface area contributed by atoms with Gasteiger partial charge >= 0.3 is 0 Å². The van der Waals surface area contributed by atoms with Crippen LogP contribution in [0.5, 0.6) is 0 Å². The zero-order valence-corrected chi connectivity index (χ0v) is 9.46. The van der Waals surface area contributed by atoms with Gasteiger partial charge in [0.2, 0.25) is 0 Å². The maximum absolute atomic E-state index is 2.25. The second kappa shape index (κ2) is 6.12. The van der Waals surface area contributed by atoms with Gasteiger partial charge in [-0.3, -0.25) is 0 Å². The van der Waals surface area contributed by atoms with Crippen molar-refractivity contribution in [1.29, 1.82) is 0 Å². The minimum atomic E-state index is 0.977. The van der Waals surface area contributed by atoms with E-state index in [0.717, 1.165) is 8.58 Å². The summed E-state index contributed by atoms with van der Waals surface area (Å²) < 4.78 is 0. The van der Waals surface area contributed by atoms with Crippen LogP contribution < -0.4 is 5.30 Å². The summed E-state index contributed by atoms with van der Waals surface area (Å²) in [4.78, 5) is 2.25. The van der Waals surface area contributed by atoms with Crippen molar-refractivity contribution in [3.63, 3.8) is 0 Å². The van der Waals surface area contributed by atoms with Crippen LogP contribution in [0.2, 0.25) is 0 Å². The molecular weight excluding hydrogens is 177 g/mol. The lowest BCUT2D eigenvalue weighted by molar-refractivity contribution is 0.410. The molecule has 1 nitrogen and oxygen atoms in total. The number of hydrogen-bond donors (Lipinski definition) is 0. The second-order valence-corrected chi connectivity index (χ2v) is 4.88. The van der Waals surface area contributed by atoms with Gasteiger partial charge in [0.05, 0.1) is 0 Å². The summed E-state index contributed by atoms with van der Waals surface area (Å²) in [5.41, 5.74) is 0. The Balaban J connectivity index is 2.13. The molecular formula is C11H18NP. The Morgan fingerprint density at radius 3 is 2.46 bits per heavy atom. The van der Waals surface area contributed by atoms with Crippen LogP contribution in [0.1, 0.15) is 6.42 Å². The first-order chi connectivity index (χ1) is 6.29. The molecule has 0 aliphatic carbocycles. The molecule has 1 rings (SSSR count). The molecule has 0 heterocycles. The lowest BCUT2D eigenvalue weighted by Crippen LogP contribution is -2.13. The normalized spacial score (nSPS) is 11.6. The molecule has 0 amide bonds. The van der Waals surface area contributed by atoms with Crippen molar-refractivity contribution >= 4 is 13.9 Å². The van der Waals surface area contributed by atoms with Gasteiger partial charge in [-0.25, -0.2) is 0 Å². The molecule has 0 bridgehead atoms. The first-order valence-electron chi connectivity index (χ1n) is 4.72. The van der Waals surface area contributed by atoms with Gasteiger partial charge in [-0.2, -0.15) is 0 Å². The highest BCUT2D eigenvalue weighted by Gasteiger charge is 1.92. The van der Waals surface area contributed by atoms with Gasteiger partial charge in [0.15, 0.2) is 0 Å². The fourth-order valence-electron chi connectivity index (χ4n) is 1.18. The Kier molecular flexibility index (Phi) is 5.03. The molecule has 1 aromatic rings. The number of benzene rings is 1. The Bertz CT molecular complexity index is 221. The molecule has 0 aliphatic heterocycles. The van der Waals surface area contributed by atoms with Gasteiger partial charge in [0.1, 0.15) is 0 Å². The summed E-state index contributed by atoms with van der Waals surface area (Å²) in [5, 5.41) is 1.49. The third-order valence-corrected chi connectivity index (χ3v) is 3.23. The molecule has 0 saturated carbocycles. The van der Waals surface area contributed by atoms with Crippen LogP contribution in [-0.4, -0.2) is 31.7 Å². The van der Waals surface area contributed by atoms with Crippen molar-refractivity contribution in [3.8, 4) is 0 Å². The van der Waals surface area contributed by atoms with E-state index in [1.807, 2.05) is 0 Å². The highest BCUT2D eigenvalue weighted by atomic mass is 31.1. The van der Waals surface area contributed by atoms with Crippen molar-refractivity contribution in [2.75, 3.05) is 26.8 Å². The Hall–Kier alpha value is -0.390. The average Bonchev–Trinajstić information content (AvgIpc) is 2.14. The average molecular weight is 195 g/mol. The molecule has 0 N–H and O–H groups in total. The SMILES string of the molecule is CN(C)CCCPc1ccccc1. The molecule has 0 fully saturated rings. The molecule has 0 aliphatic rings. The van der Waals surface area contributed by atoms with E-state index in [2.05, 4.69) is 49.3 Å². The van der Waals surface area contributed by atoms with E-state index < -0.39 is 0 Å². The lowest BCUT2D eigenvalue weighted by Gasteiger charge is -2.08. The highest BCUT2D eigenvalue weighted by Crippen LogP contribution is 2.10. The van der Waals surface area contributed by atoms with Crippen LogP contribution in [-0.2, 0) is 0 Å². The van der Waals surface area contributed by atoms with E-state index in [0.29, 0.717) is 0 Å². The maximum atomic E-state index is 2.25. The summed E-state index contributed by atoms with van der Waals surface area (Å²) >= 11 is 0. The highest BCUT2D eigenvalue weighted by molar-refractivity contribution is 7.47. The molecule has 1 atom stereocenters. The van der Waals surface area contributed by atoms with Crippen molar-refractivity contribution in [3.05, 3.63) is 30.3 Å². The van der Waals surface area contributed by atoms with Crippen LogP contribution in [0.25, 0.3) is 0 Å². The van der Waals surface area contributed by atoms with Crippen LogP contribution >= 0.6 is 8.58 Å². The Morgan fingerprint density at radius 1 is 1.15 bits per heavy atom. The minimum absolute atomic E-state index is 0.977. The molecule has 0 aromatic heterocycles. The van der Waals surface area contributed by atoms with E-state index in [9.17, 15) is 0 Å². The smallest absolute Gasteiger partial charge is 0.00215 e. The number of rotatable bonds is 5. The van der Waals surface area contributed by atoms with Crippen molar-refractivity contribution in [1.82, 2.24) is 4.90 Å². The summed E-state index contributed by atoms with van der Waals surface area (Å²) in [7, 11) is 5.24. The third kappa shape index (κ3) is 5.02. The summed E-state index contributed by atoms with van der Waals surface area (Å²) in [6.07, 6.45) is 2.63. The zero-order chi connectivity index (χ0) is 9.52. The van der Waals surface area contributed by atoms with Crippen molar-refractivity contribution in [2.45, 2.75) is 6.42 Å². The summed E-state index contributed by atoms with van der Waals surface area (Å²) in [6.45, 7) is 1.21. The van der Waals surface area contributed by atoms with Crippen molar-refractivity contribution < 1.29 is 0 Å². The first-order valence-corrected chi connectivity index (χ1v) is 5.93.